The van der Waals surface area contributed by atoms with Crippen molar-refractivity contribution in [2.24, 2.45) is 0 Å². The Morgan fingerprint density at radius 3 is 2.74 bits per heavy atom. The highest BCUT2D eigenvalue weighted by Gasteiger charge is 2.18. The lowest BCUT2D eigenvalue weighted by Crippen LogP contribution is -2.17. The first-order valence-corrected chi connectivity index (χ1v) is 7.38. The number of nitrogens with one attached hydrogen (secondary N) is 1. The Morgan fingerprint density at radius 2 is 2.11 bits per heavy atom. The quantitative estimate of drug-likeness (QED) is 0.877. The van der Waals surface area contributed by atoms with Crippen molar-refractivity contribution < 1.29 is 0 Å². The van der Waals surface area contributed by atoms with Crippen LogP contribution < -0.4 is 5.32 Å². The van der Waals surface area contributed by atoms with Crippen molar-refractivity contribution >= 4 is 28.8 Å². The molecule has 2 aromatic heterocycles. The van der Waals surface area contributed by atoms with Crippen LogP contribution in [0.4, 0.5) is 5.82 Å². The first kappa shape index (κ1) is 14.2. The molecule has 2 rings (SSSR count). The molecule has 0 radical (unpaired) electrons. The SMILES string of the molecule is CC(C)(C)c1nc(Cl)cc(NCCc2nccs2)n1. The van der Waals surface area contributed by atoms with Crippen molar-refractivity contribution in [2.75, 3.05) is 11.9 Å². The minimum Gasteiger partial charge on any atom is -0.369 e. The van der Waals surface area contributed by atoms with E-state index in [4.69, 9.17) is 11.6 Å². The molecule has 0 aliphatic rings. The van der Waals surface area contributed by atoms with Gasteiger partial charge in [0.1, 0.15) is 16.8 Å². The molecule has 0 fully saturated rings. The van der Waals surface area contributed by atoms with E-state index in [2.05, 4.69) is 41.0 Å². The summed E-state index contributed by atoms with van der Waals surface area (Å²) in [6.45, 7) is 6.98. The Hall–Kier alpha value is -1.20. The van der Waals surface area contributed by atoms with Gasteiger partial charge in [-0.3, -0.25) is 0 Å². The van der Waals surface area contributed by atoms with Crippen molar-refractivity contribution in [2.45, 2.75) is 32.6 Å². The van der Waals surface area contributed by atoms with Crippen LogP contribution in [0.1, 0.15) is 31.6 Å². The van der Waals surface area contributed by atoms with Crippen molar-refractivity contribution in [3.8, 4) is 0 Å². The predicted molar refractivity (Wildman–Crippen MR) is 80.0 cm³/mol. The van der Waals surface area contributed by atoms with E-state index in [1.807, 2.05) is 11.6 Å². The standard InChI is InChI=1S/C13H17ClN4S/c1-13(2,3)12-17-9(14)8-10(18-12)15-5-4-11-16-6-7-19-11/h6-8H,4-5H2,1-3H3,(H,15,17,18). The third kappa shape index (κ3) is 4.14. The molecule has 102 valence electrons. The molecule has 0 aliphatic carbocycles. The summed E-state index contributed by atoms with van der Waals surface area (Å²) in [6, 6.07) is 1.75. The van der Waals surface area contributed by atoms with Gasteiger partial charge in [0, 0.05) is 36.0 Å². The van der Waals surface area contributed by atoms with E-state index >= 15 is 0 Å². The molecule has 19 heavy (non-hydrogen) atoms. The van der Waals surface area contributed by atoms with E-state index in [0.717, 1.165) is 29.6 Å². The normalized spacial score (nSPS) is 11.6. The highest BCUT2D eigenvalue weighted by molar-refractivity contribution is 7.09. The second-order valence-corrected chi connectivity index (χ2v) is 6.62. The van der Waals surface area contributed by atoms with E-state index in [-0.39, 0.29) is 5.41 Å². The van der Waals surface area contributed by atoms with Gasteiger partial charge in [-0.1, -0.05) is 32.4 Å². The maximum absolute atomic E-state index is 6.03. The van der Waals surface area contributed by atoms with Crippen LogP contribution in [0.25, 0.3) is 0 Å². The van der Waals surface area contributed by atoms with Crippen molar-refractivity contribution in [3.63, 3.8) is 0 Å². The van der Waals surface area contributed by atoms with Gasteiger partial charge in [0.25, 0.3) is 0 Å². The number of aromatic nitrogens is 3. The summed E-state index contributed by atoms with van der Waals surface area (Å²) in [6.07, 6.45) is 2.70. The lowest BCUT2D eigenvalue weighted by molar-refractivity contribution is 0.546. The molecule has 1 N–H and O–H groups in total. The Labute approximate surface area is 122 Å². The summed E-state index contributed by atoms with van der Waals surface area (Å²) in [5.41, 5.74) is -0.114. The molecular formula is C13H17ClN4S. The number of halogens is 1. The zero-order valence-corrected chi connectivity index (χ0v) is 12.8. The van der Waals surface area contributed by atoms with Gasteiger partial charge >= 0.3 is 0 Å². The van der Waals surface area contributed by atoms with E-state index in [9.17, 15) is 0 Å². The summed E-state index contributed by atoms with van der Waals surface area (Å²) < 4.78 is 0. The minimum absolute atomic E-state index is 0.114. The maximum atomic E-state index is 6.03. The fourth-order valence-corrected chi connectivity index (χ4v) is 2.32. The van der Waals surface area contributed by atoms with Gasteiger partial charge < -0.3 is 5.32 Å². The fraction of sp³-hybridized carbons (Fsp3) is 0.462. The van der Waals surface area contributed by atoms with Gasteiger partial charge in [0.05, 0.1) is 5.01 Å². The number of hydrogen-bond acceptors (Lipinski definition) is 5. The summed E-state index contributed by atoms with van der Waals surface area (Å²) >= 11 is 7.69. The Bertz CT molecular complexity index is 534. The van der Waals surface area contributed by atoms with Crippen LogP contribution in [-0.2, 0) is 11.8 Å². The zero-order valence-electron chi connectivity index (χ0n) is 11.3. The molecule has 6 heteroatoms. The minimum atomic E-state index is -0.114. The van der Waals surface area contributed by atoms with Crippen molar-refractivity contribution in [1.29, 1.82) is 0 Å². The molecule has 0 aromatic carbocycles. The molecule has 0 spiro atoms. The third-order valence-corrected chi connectivity index (χ3v) is 3.53. The lowest BCUT2D eigenvalue weighted by atomic mass is 9.96. The molecule has 0 saturated carbocycles. The zero-order chi connectivity index (χ0) is 13.9. The highest BCUT2D eigenvalue weighted by atomic mass is 35.5. The van der Waals surface area contributed by atoms with Crippen LogP contribution in [0, 0.1) is 0 Å². The average Bonchev–Trinajstić information content (AvgIpc) is 2.80. The van der Waals surface area contributed by atoms with Gasteiger partial charge in [0.2, 0.25) is 0 Å². The van der Waals surface area contributed by atoms with Gasteiger partial charge in [0.15, 0.2) is 0 Å². The summed E-state index contributed by atoms with van der Waals surface area (Å²) in [7, 11) is 0. The number of rotatable bonds is 4. The lowest BCUT2D eigenvalue weighted by Gasteiger charge is -2.17. The first-order chi connectivity index (χ1) is 8.95. The van der Waals surface area contributed by atoms with Crippen molar-refractivity contribution in [3.05, 3.63) is 33.6 Å². The highest BCUT2D eigenvalue weighted by Crippen LogP contribution is 2.22. The molecule has 0 saturated heterocycles. The van der Waals surface area contributed by atoms with Crippen LogP contribution in [0.3, 0.4) is 0 Å². The molecule has 0 aliphatic heterocycles. The van der Waals surface area contributed by atoms with Crippen LogP contribution in [0.2, 0.25) is 5.15 Å². The molecule has 4 nitrogen and oxygen atoms in total. The predicted octanol–water partition coefficient (Wildman–Crippen LogP) is 3.54. The van der Waals surface area contributed by atoms with E-state index < -0.39 is 0 Å². The third-order valence-electron chi connectivity index (χ3n) is 2.49. The monoisotopic (exact) mass is 296 g/mol. The molecular weight excluding hydrogens is 280 g/mol. The van der Waals surface area contributed by atoms with Crippen LogP contribution in [-0.4, -0.2) is 21.5 Å². The molecule has 0 amide bonds. The van der Waals surface area contributed by atoms with Crippen LogP contribution >= 0.6 is 22.9 Å². The average molecular weight is 297 g/mol. The Morgan fingerprint density at radius 1 is 1.32 bits per heavy atom. The molecule has 2 aromatic rings. The molecule has 2 heterocycles. The fourth-order valence-electron chi connectivity index (χ4n) is 1.52. The van der Waals surface area contributed by atoms with Gasteiger partial charge in [-0.05, 0) is 0 Å². The van der Waals surface area contributed by atoms with Gasteiger partial charge in [-0.2, -0.15) is 0 Å². The van der Waals surface area contributed by atoms with Gasteiger partial charge in [-0.15, -0.1) is 11.3 Å². The molecule has 0 unspecified atom stereocenters. The van der Waals surface area contributed by atoms with E-state index in [1.165, 1.54) is 0 Å². The maximum Gasteiger partial charge on any atom is 0.137 e. The van der Waals surface area contributed by atoms with Crippen LogP contribution in [0.5, 0.6) is 0 Å². The topological polar surface area (TPSA) is 50.7 Å². The van der Waals surface area contributed by atoms with E-state index in [1.54, 1.807) is 17.4 Å². The molecule has 0 bridgehead atoms. The summed E-state index contributed by atoms with van der Waals surface area (Å²) in [5.74, 6) is 1.51. The summed E-state index contributed by atoms with van der Waals surface area (Å²) in [5, 5.41) is 6.83. The second kappa shape index (κ2) is 5.84. The Balaban J connectivity index is 2.02. The number of thiazole rings is 1. The summed E-state index contributed by atoms with van der Waals surface area (Å²) in [4.78, 5) is 13.0. The van der Waals surface area contributed by atoms with Gasteiger partial charge in [-0.25, -0.2) is 15.0 Å². The Kier molecular flexibility index (Phi) is 4.37. The first-order valence-electron chi connectivity index (χ1n) is 6.12. The van der Waals surface area contributed by atoms with Crippen LogP contribution in [0.15, 0.2) is 17.6 Å². The number of nitrogens with zero attached hydrogens (tertiary/aromatic N) is 3. The second-order valence-electron chi connectivity index (χ2n) is 5.25. The molecule has 0 atom stereocenters. The van der Waals surface area contributed by atoms with E-state index in [0.29, 0.717) is 5.15 Å². The number of hydrogen-bond donors (Lipinski definition) is 1. The smallest absolute Gasteiger partial charge is 0.137 e. The van der Waals surface area contributed by atoms with Crippen molar-refractivity contribution in [1.82, 2.24) is 15.0 Å². The largest absolute Gasteiger partial charge is 0.369 e. The number of anilines is 1.